The molecule has 0 saturated heterocycles. The van der Waals surface area contributed by atoms with E-state index >= 15 is 0 Å². The van der Waals surface area contributed by atoms with Crippen molar-refractivity contribution in [3.63, 3.8) is 0 Å². The van der Waals surface area contributed by atoms with Crippen molar-refractivity contribution >= 4 is 29.0 Å². The van der Waals surface area contributed by atoms with Crippen LogP contribution in [0.15, 0.2) is 48.7 Å². The van der Waals surface area contributed by atoms with Crippen molar-refractivity contribution < 1.29 is 9.53 Å². The summed E-state index contributed by atoms with van der Waals surface area (Å²) in [5.74, 6) is 0.788. The van der Waals surface area contributed by atoms with Gasteiger partial charge >= 0.3 is 0 Å². The molecule has 0 saturated carbocycles. The quantitative estimate of drug-likeness (QED) is 0.580. The van der Waals surface area contributed by atoms with Crippen molar-refractivity contribution in [2.75, 3.05) is 31.3 Å². The topological polar surface area (TPSA) is 105 Å². The molecule has 2 aromatic carbocycles. The van der Waals surface area contributed by atoms with Crippen LogP contribution in [0.1, 0.15) is 21.5 Å². The Morgan fingerprint density at radius 3 is 2.70 bits per heavy atom. The molecule has 0 fully saturated rings. The maximum absolute atomic E-state index is 11.8. The van der Waals surface area contributed by atoms with Crippen LogP contribution >= 0.6 is 0 Å². The van der Waals surface area contributed by atoms with Gasteiger partial charge in [-0.25, -0.2) is 4.98 Å². The van der Waals surface area contributed by atoms with E-state index in [0.717, 1.165) is 36.6 Å². The lowest BCUT2D eigenvalue weighted by atomic mass is 9.99. The Labute approximate surface area is 175 Å². The lowest BCUT2D eigenvalue weighted by Crippen LogP contribution is -2.26. The Kier molecular flexibility index (Phi) is 5.49. The third-order valence-corrected chi connectivity index (χ3v) is 5.06. The Balaban J connectivity index is 1.67. The number of aromatic nitrogens is 2. The number of methoxy groups -OCH3 is 1. The lowest BCUT2D eigenvalue weighted by Gasteiger charge is -2.26. The van der Waals surface area contributed by atoms with Gasteiger partial charge in [-0.1, -0.05) is 18.2 Å². The number of fused-ring (bicyclic) bond motifs is 1. The molecule has 4 N–H and O–H groups in total. The van der Waals surface area contributed by atoms with Crippen LogP contribution in [0.5, 0.6) is 5.75 Å². The lowest BCUT2D eigenvalue weighted by molar-refractivity contribution is 0.100. The number of anilines is 4. The Hall–Kier alpha value is -3.65. The summed E-state index contributed by atoms with van der Waals surface area (Å²) in [5.41, 5.74) is 9.80. The number of amides is 1. The van der Waals surface area contributed by atoms with Crippen molar-refractivity contribution in [3.05, 3.63) is 65.4 Å². The first-order chi connectivity index (χ1) is 14.5. The number of benzene rings is 2. The highest BCUT2D eigenvalue weighted by atomic mass is 16.5. The number of carbonyl (C=O) groups is 1. The van der Waals surface area contributed by atoms with Crippen LogP contribution in [0.25, 0.3) is 0 Å². The van der Waals surface area contributed by atoms with E-state index in [2.05, 4.69) is 44.7 Å². The minimum Gasteiger partial charge on any atom is -0.495 e. The average molecular weight is 404 g/mol. The fourth-order valence-corrected chi connectivity index (χ4v) is 3.49. The summed E-state index contributed by atoms with van der Waals surface area (Å²) < 4.78 is 5.58. The van der Waals surface area contributed by atoms with Crippen LogP contribution in [-0.2, 0) is 13.0 Å². The van der Waals surface area contributed by atoms with Crippen molar-refractivity contribution in [3.8, 4) is 5.75 Å². The van der Waals surface area contributed by atoms with Crippen molar-refractivity contribution in [2.45, 2.75) is 13.0 Å². The van der Waals surface area contributed by atoms with E-state index in [1.54, 1.807) is 7.11 Å². The molecule has 2 heterocycles. The second kappa shape index (κ2) is 8.38. The van der Waals surface area contributed by atoms with Gasteiger partial charge in [0.25, 0.3) is 5.91 Å². The van der Waals surface area contributed by atoms with Crippen molar-refractivity contribution in [1.29, 1.82) is 0 Å². The number of hydrogen-bond donors (Lipinski definition) is 3. The zero-order valence-electron chi connectivity index (χ0n) is 17.0. The number of nitrogens with two attached hydrogens (primary N) is 1. The molecule has 3 aromatic rings. The van der Waals surface area contributed by atoms with Gasteiger partial charge in [0.1, 0.15) is 17.1 Å². The third-order valence-electron chi connectivity index (χ3n) is 5.06. The minimum atomic E-state index is -0.602. The Bertz CT molecular complexity index is 1070. The third kappa shape index (κ3) is 4.18. The molecule has 154 valence electrons. The monoisotopic (exact) mass is 404 g/mol. The first-order valence-corrected chi connectivity index (χ1v) is 9.68. The van der Waals surface area contributed by atoms with E-state index in [4.69, 9.17) is 10.5 Å². The van der Waals surface area contributed by atoms with Crippen molar-refractivity contribution in [2.24, 2.45) is 5.73 Å². The van der Waals surface area contributed by atoms with E-state index in [1.807, 2.05) is 30.3 Å². The fraction of sp³-hybridized carbons (Fsp3) is 0.227. The zero-order chi connectivity index (χ0) is 21.1. The van der Waals surface area contributed by atoms with Crippen molar-refractivity contribution in [1.82, 2.24) is 14.9 Å². The number of hydrogen-bond acceptors (Lipinski definition) is 7. The smallest absolute Gasteiger partial charge is 0.254 e. The van der Waals surface area contributed by atoms with E-state index in [1.165, 1.54) is 17.3 Å². The van der Waals surface area contributed by atoms with Crippen LogP contribution in [0.2, 0.25) is 0 Å². The molecule has 0 radical (unpaired) electrons. The number of nitrogens with zero attached hydrogens (tertiary/aromatic N) is 3. The summed E-state index contributed by atoms with van der Waals surface area (Å²) in [6.07, 6.45) is 2.40. The zero-order valence-corrected chi connectivity index (χ0v) is 17.0. The molecule has 1 amide bonds. The van der Waals surface area contributed by atoms with Gasteiger partial charge in [0.05, 0.1) is 12.8 Å². The molecule has 0 atom stereocenters. The molecule has 0 spiro atoms. The minimum absolute atomic E-state index is 0.212. The summed E-state index contributed by atoms with van der Waals surface area (Å²) in [5, 5.41) is 6.36. The van der Waals surface area contributed by atoms with Gasteiger partial charge < -0.3 is 26.0 Å². The van der Waals surface area contributed by atoms with Gasteiger partial charge in [0.15, 0.2) is 0 Å². The van der Waals surface area contributed by atoms with Crippen LogP contribution in [0.4, 0.5) is 23.1 Å². The molecule has 0 bridgehead atoms. The summed E-state index contributed by atoms with van der Waals surface area (Å²) in [6.45, 7) is 1.89. The average Bonchev–Trinajstić information content (AvgIpc) is 2.74. The first-order valence-electron chi connectivity index (χ1n) is 9.68. The number of likely N-dealkylation sites (N-methyl/N-ethyl adjacent to an activating group) is 1. The van der Waals surface area contributed by atoms with Gasteiger partial charge in [-0.15, -0.1) is 0 Å². The molecule has 8 nitrogen and oxygen atoms in total. The largest absolute Gasteiger partial charge is 0.495 e. The second-order valence-corrected chi connectivity index (χ2v) is 7.25. The number of carbonyl (C=O) groups excluding carboxylic acids is 1. The molecular formula is C22H24N6O2. The van der Waals surface area contributed by atoms with E-state index in [-0.39, 0.29) is 5.56 Å². The summed E-state index contributed by atoms with van der Waals surface area (Å²) in [7, 11) is 3.74. The number of nitrogens with one attached hydrogen (secondary N) is 2. The van der Waals surface area contributed by atoms with Gasteiger partial charge in [-0.3, -0.25) is 4.79 Å². The standard InChI is InChI=1S/C22H24N6O2/c1-28-9-8-14-11-19(30-2)18(10-15(14)13-28)26-22-24-12-17(20(23)29)21(27-22)25-16-6-4-3-5-7-16/h3-7,10-12H,8-9,13H2,1-2H3,(H2,23,29)(H2,24,25,26,27). The number of ether oxygens (including phenoxy) is 1. The van der Waals surface area contributed by atoms with Crippen LogP contribution in [0, 0.1) is 0 Å². The van der Waals surface area contributed by atoms with Gasteiger partial charge in [0.2, 0.25) is 5.95 Å². The highest BCUT2D eigenvalue weighted by molar-refractivity contribution is 5.98. The molecule has 1 aromatic heterocycles. The molecule has 1 aliphatic heterocycles. The van der Waals surface area contributed by atoms with Gasteiger partial charge in [-0.2, -0.15) is 4.98 Å². The Morgan fingerprint density at radius 2 is 1.97 bits per heavy atom. The molecule has 1 aliphatic rings. The fourth-order valence-electron chi connectivity index (χ4n) is 3.49. The summed E-state index contributed by atoms with van der Waals surface area (Å²) >= 11 is 0. The molecule has 0 unspecified atom stereocenters. The van der Waals surface area contributed by atoms with Crippen LogP contribution < -0.4 is 21.1 Å². The van der Waals surface area contributed by atoms with E-state index in [9.17, 15) is 4.79 Å². The number of primary amides is 1. The Morgan fingerprint density at radius 1 is 1.17 bits per heavy atom. The maximum Gasteiger partial charge on any atom is 0.254 e. The highest BCUT2D eigenvalue weighted by Gasteiger charge is 2.18. The van der Waals surface area contributed by atoms with E-state index in [0.29, 0.717) is 11.8 Å². The predicted molar refractivity (Wildman–Crippen MR) is 117 cm³/mol. The molecule has 8 heteroatoms. The predicted octanol–water partition coefficient (Wildman–Crippen LogP) is 3.06. The van der Waals surface area contributed by atoms with E-state index < -0.39 is 5.91 Å². The first kappa shape index (κ1) is 19.7. The summed E-state index contributed by atoms with van der Waals surface area (Å²) in [6, 6.07) is 13.6. The molecule has 30 heavy (non-hydrogen) atoms. The number of para-hydroxylation sites is 1. The molecule has 4 rings (SSSR count). The molecular weight excluding hydrogens is 380 g/mol. The number of rotatable bonds is 6. The van der Waals surface area contributed by atoms with Gasteiger partial charge in [-0.05, 0) is 48.9 Å². The van der Waals surface area contributed by atoms with Crippen LogP contribution in [0.3, 0.4) is 0 Å². The second-order valence-electron chi connectivity index (χ2n) is 7.25. The SMILES string of the molecule is COc1cc2c(cc1Nc1ncc(C(N)=O)c(Nc3ccccc3)n1)CN(C)CC2. The maximum atomic E-state index is 11.8. The normalized spacial score (nSPS) is 13.4. The summed E-state index contributed by atoms with van der Waals surface area (Å²) in [4.78, 5) is 22.9. The van der Waals surface area contributed by atoms with Crippen LogP contribution in [-0.4, -0.2) is 41.5 Å². The van der Waals surface area contributed by atoms with Gasteiger partial charge in [0, 0.05) is 25.0 Å². The molecule has 0 aliphatic carbocycles. The highest BCUT2D eigenvalue weighted by Crippen LogP contribution is 2.33.